The third-order valence-electron chi connectivity index (χ3n) is 3.85. The fraction of sp³-hybridized carbons (Fsp3) is 0.846. The number of hydrogen-bond acceptors (Lipinski definition) is 4. The van der Waals surface area contributed by atoms with E-state index in [2.05, 4.69) is 0 Å². The highest BCUT2D eigenvalue weighted by atomic mass is 16.5. The zero-order valence-electron chi connectivity index (χ0n) is 11.5. The SMILES string of the molecule is CC(C)(C)CC1CCCC(O)(C(=O)O)C1(O)C(=O)O. The smallest absolute Gasteiger partial charge is 0.339 e. The zero-order valence-corrected chi connectivity index (χ0v) is 11.5. The maximum atomic E-state index is 11.4. The molecular formula is C13H22O6. The molecule has 6 nitrogen and oxygen atoms in total. The molecule has 4 N–H and O–H groups in total. The Morgan fingerprint density at radius 2 is 1.68 bits per heavy atom. The highest BCUT2D eigenvalue weighted by Crippen LogP contribution is 2.46. The van der Waals surface area contributed by atoms with Crippen molar-refractivity contribution < 1.29 is 30.0 Å². The minimum absolute atomic E-state index is 0.258. The molecule has 0 spiro atoms. The van der Waals surface area contributed by atoms with Crippen molar-refractivity contribution in [2.75, 3.05) is 0 Å². The number of carboxylic acid groups (broad SMARTS) is 2. The molecule has 1 aliphatic carbocycles. The highest BCUT2D eigenvalue weighted by molar-refractivity contribution is 5.91. The van der Waals surface area contributed by atoms with Crippen LogP contribution in [0.25, 0.3) is 0 Å². The van der Waals surface area contributed by atoms with E-state index >= 15 is 0 Å². The molecule has 0 amide bonds. The van der Waals surface area contributed by atoms with Crippen LogP contribution in [-0.2, 0) is 9.59 Å². The zero-order chi connectivity index (χ0) is 15.1. The van der Waals surface area contributed by atoms with E-state index in [1.165, 1.54) is 0 Å². The second-order valence-corrected chi connectivity index (χ2v) is 6.59. The molecule has 110 valence electrons. The quantitative estimate of drug-likeness (QED) is 0.606. The van der Waals surface area contributed by atoms with Crippen molar-refractivity contribution in [1.29, 1.82) is 0 Å². The standard InChI is InChI=1S/C13H22O6/c1-11(2,3)7-8-5-4-6-12(18,9(14)15)13(8,19)10(16)17/h8,18-19H,4-7H2,1-3H3,(H,14,15)(H,16,17). The largest absolute Gasteiger partial charge is 0.479 e. The van der Waals surface area contributed by atoms with Crippen LogP contribution in [0.5, 0.6) is 0 Å². The fourth-order valence-electron chi connectivity index (χ4n) is 2.95. The minimum Gasteiger partial charge on any atom is -0.479 e. The van der Waals surface area contributed by atoms with Gasteiger partial charge in [0.05, 0.1) is 0 Å². The Morgan fingerprint density at radius 1 is 1.16 bits per heavy atom. The van der Waals surface area contributed by atoms with Gasteiger partial charge in [-0.15, -0.1) is 0 Å². The van der Waals surface area contributed by atoms with Crippen molar-refractivity contribution >= 4 is 11.9 Å². The van der Waals surface area contributed by atoms with Crippen molar-refractivity contribution in [3.63, 3.8) is 0 Å². The van der Waals surface area contributed by atoms with E-state index in [1.54, 1.807) is 0 Å². The second-order valence-electron chi connectivity index (χ2n) is 6.59. The number of aliphatic carboxylic acids is 2. The third-order valence-corrected chi connectivity index (χ3v) is 3.85. The normalized spacial score (nSPS) is 35.9. The molecule has 0 radical (unpaired) electrons. The monoisotopic (exact) mass is 274 g/mol. The van der Waals surface area contributed by atoms with Crippen LogP contribution in [0.1, 0.15) is 46.5 Å². The first kappa shape index (κ1) is 15.9. The molecule has 0 bridgehead atoms. The Bertz CT molecular complexity index is 385. The molecule has 0 aromatic rings. The lowest BCUT2D eigenvalue weighted by atomic mass is 9.61. The molecule has 6 heteroatoms. The van der Waals surface area contributed by atoms with Gasteiger partial charge in [0, 0.05) is 5.92 Å². The molecule has 1 rings (SSSR count). The summed E-state index contributed by atoms with van der Waals surface area (Å²) in [5, 5.41) is 39.0. The summed E-state index contributed by atoms with van der Waals surface area (Å²) in [6.07, 6.45) is 0.825. The van der Waals surface area contributed by atoms with Crippen LogP contribution in [0.15, 0.2) is 0 Å². The molecule has 0 heterocycles. The Morgan fingerprint density at radius 3 is 2.05 bits per heavy atom. The van der Waals surface area contributed by atoms with Crippen molar-refractivity contribution in [1.82, 2.24) is 0 Å². The summed E-state index contributed by atoms with van der Waals surface area (Å²) in [5.41, 5.74) is -5.55. The van der Waals surface area contributed by atoms with Gasteiger partial charge >= 0.3 is 11.9 Å². The molecule has 3 atom stereocenters. The van der Waals surface area contributed by atoms with Gasteiger partial charge in [0.1, 0.15) is 0 Å². The van der Waals surface area contributed by atoms with Gasteiger partial charge < -0.3 is 20.4 Å². The molecule has 1 fully saturated rings. The van der Waals surface area contributed by atoms with Gasteiger partial charge in [-0.05, 0) is 31.1 Å². The first-order valence-electron chi connectivity index (χ1n) is 6.36. The number of carboxylic acids is 2. The van der Waals surface area contributed by atoms with Crippen LogP contribution in [-0.4, -0.2) is 43.6 Å². The lowest BCUT2D eigenvalue weighted by Gasteiger charge is -2.47. The average Bonchev–Trinajstić information content (AvgIpc) is 2.22. The van der Waals surface area contributed by atoms with Crippen LogP contribution in [0.2, 0.25) is 0 Å². The van der Waals surface area contributed by atoms with Crippen LogP contribution < -0.4 is 0 Å². The molecule has 0 aromatic carbocycles. The maximum Gasteiger partial charge on any atom is 0.339 e. The highest BCUT2D eigenvalue weighted by Gasteiger charge is 2.66. The Labute approximate surface area is 112 Å². The molecule has 19 heavy (non-hydrogen) atoms. The third kappa shape index (κ3) is 2.60. The summed E-state index contributed by atoms with van der Waals surface area (Å²) in [7, 11) is 0. The lowest BCUT2D eigenvalue weighted by molar-refractivity contribution is -0.230. The summed E-state index contributed by atoms with van der Waals surface area (Å²) in [6, 6.07) is 0. The van der Waals surface area contributed by atoms with E-state index in [0.29, 0.717) is 19.3 Å². The second kappa shape index (κ2) is 4.76. The Balaban J connectivity index is 3.25. The van der Waals surface area contributed by atoms with Crippen LogP contribution in [0.3, 0.4) is 0 Å². The number of hydrogen-bond donors (Lipinski definition) is 4. The molecule has 1 saturated carbocycles. The van der Waals surface area contributed by atoms with Crippen molar-refractivity contribution in [3.8, 4) is 0 Å². The summed E-state index contributed by atoms with van der Waals surface area (Å²) in [6.45, 7) is 5.64. The summed E-state index contributed by atoms with van der Waals surface area (Å²) >= 11 is 0. The number of carbonyl (C=O) groups is 2. The average molecular weight is 274 g/mol. The van der Waals surface area contributed by atoms with E-state index in [0.717, 1.165) is 0 Å². The van der Waals surface area contributed by atoms with E-state index in [4.69, 9.17) is 5.11 Å². The molecular weight excluding hydrogens is 252 g/mol. The van der Waals surface area contributed by atoms with E-state index in [-0.39, 0.29) is 11.8 Å². The van der Waals surface area contributed by atoms with Crippen molar-refractivity contribution in [2.45, 2.75) is 57.7 Å². The number of rotatable bonds is 3. The maximum absolute atomic E-state index is 11.4. The molecule has 0 saturated heterocycles. The van der Waals surface area contributed by atoms with Crippen molar-refractivity contribution in [3.05, 3.63) is 0 Å². The summed E-state index contributed by atoms with van der Waals surface area (Å²) in [4.78, 5) is 22.7. The van der Waals surface area contributed by atoms with E-state index in [9.17, 15) is 24.9 Å². The van der Waals surface area contributed by atoms with Gasteiger partial charge in [0.2, 0.25) is 11.2 Å². The van der Waals surface area contributed by atoms with Crippen LogP contribution >= 0.6 is 0 Å². The summed E-state index contributed by atoms with van der Waals surface area (Å²) in [5.74, 6) is -4.15. The van der Waals surface area contributed by atoms with E-state index in [1.807, 2.05) is 20.8 Å². The minimum atomic E-state index is -2.65. The van der Waals surface area contributed by atoms with Gasteiger partial charge in [-0.1, -0.05) is 20.8 Å². The lowest BCUT2D eigenvalue weighted by Crippen LogP contribution is -2.69. The first-order chi connectivity index (χ1) is 8.45. The summed E-state index contributed by atoms with van der Waals surface area (Å²) < 4.78 is 0. The van der Waals surface area contributed by atoms with Crippen molar-refractivity contribution in [2.24, 2.45) is 11.3 Å². The van der Waals surface area contributed by atoms with E-state index < -0.39 is 29.1 Å². The van der Waals surface area contributed by atoms with Gasteiger partial charge in [-0.2, -0.15) is 0 Å². The van der Waals surface area contributed by atoms with Crippen LogP contribution in [0.4, 0.5) is 0 Å². The molecule has 0 aliphatic heterocycles. The number of aliphatic hydroxyl groups is 2. The molecule has 3 unspecified atom stereocenters. The van der Waals surface area contributed by atoms with Gasteiger partial charge in [0.15, 0.2) is 0 Å². The van der Waals surface area contributed by atoms with Gasteiger partial charge in [-0.25, -0.2) is 9.59 Å². The van der Waals surface area contributed by atoms with Crippen LogP contribution in [0, 0.1) is 11.3 Å². The van der Waals surface area contributed by atoms with Gasteiger partial charge in [-0.3, -0.25) is 0 Å². The van der Waals surface area contributed by atoms with Gasteiger partial charge in [0.25, 0.3) is 0 Å². The topological polar surface area (TPSA) is 115 Å². The molecule has 1 aliphatic rings. The fourth-order valence-corrected chi connectivity index (χ4v) is 2.95. The Hall–Kier alpha value is -1.14. The first-order valence-corrected chi connectivity index (χ1v) is 6.36. The Kier molecular flexibility index (Phi) is 3.98. The molecule has 0 aromatic heterocycles. The predicted octanol–water partition coefficient (Wildman–Crippen LogP) is 0.854. The predicted molar refractivity (Wildman–Crippen MR) is 66.6 cm³/mol.